The fourth-order valence-electron chi connectivity index (χ4n) is 9.28. The monoisotopic (exact) mass is 763 g/mol. The molecule has 9 rings (SSSR count). The minimum atomic E-state index is -0.991. The number of hydrogen-bond acceptors (Lipinski definition) is 9. The molecule has 2 bridgehead atoms. The van der Waals surface area contributed by atoms with Crippen LogP contribution in [0.3, 0.4) is 0 Å². The zero-order valence-electron chi connectivity index (χ0n) is 30.5. The number of terminal acetylenes is 1. The third kappa shape index (κ3) is 6.05. The third-order valence-corrected chi connectivity index (χ3v) is 11.8. The second-order valence-corrected chi connectivity index (χ2v) is 15.3. The van der Waals surface area contributed by atoms with E-state index in [9.17, 15) is 18.7 Å². The number of rotatable bonds is 7. The molecular weight excluding hydrogens is 726 g/mol. The van der Waals surface area contributed by atoms with Gasteiger partial charge in [-0.2, -0.15) is 9.97 Å². The summed E-state index contributed by atoms with van der Waals surface area (Å²) in [5, 5.41) is 11.5. The number of alkyl halides is 1. The number of hydrogen-bond donors (Lipinski definition) is 1. The quantitative estimate of drug-likeness (QED) is 0.111. The molecule has 7 heterocycles. The predicted molar refractivity (Wildman–Crippen MR) is 202 cm³/mol. The maximum absolute atomic E-state index is 17.1. The van der Waals surface area contributed by atoms with Gasteiger partial charge in [-0.05, 0) is 80.4 Å². The van der Waals surface area contributed by atoms with Crippen molar-refractivity contribution in [2.24, 2.45) is 0 Å². The van der Waals surface area contributed by atoms with Gasteiger partial charge in [-0.1, -0.05) is 12.0 Å². The van der Waals surface area contributed by atoms with Gasteiger partial charge < -0.3 is 19.6 Å². The minimum absolute atomic E-state index is 0.0658. The first-order valence-corrected chi connectivity index (χ1v) is 18.7. The van der Waals surface area contributed by atoms with Gasteiger partial charge in [-0.3, -0.25) is 19.7 Å². The number of pyridine rings is 2. The third-order valence-electron chi connectivity index (χ3n) is 11.8. The molecule has 0 radical (unpaired) electrons. The zero-order valence-corrected chi connectivity index (χ0v) is 30.5. The number of carbonyl (C=O) groups is 1. The van der Waals surface area contributed by atoms with Crippen molar-refractivity contribution in [2.75, 3.05) is 37.7 Å². The molecule has 2 aromatic carbocycles. The van der Waals surface area contributed by atoms with Crippen molar-refractivity contribution in [3.63, 3.8) is 0 Å². The highest BCUT2D eigenvalue weighted by atomic mass is 19.1. The number of aryl methyl sites for hydroxylation is 1. The number of phenolic OH excluding ortho intramolecular Hbond substituents is 1. The van der Waals surface area contributed by atoms with Crippen LogP contribution >= 0.6 is 0 Å². The number of piperazine rings is 1. The number of anilines is 1. The molecule has 0 aliphatic carbocycles. The van der Waals surface area contributed by atoms with Crippen LogP contribution in [-0.4, -0.2) is 97.3 Å². The molecule has 1 N–H and O–H groups in total. The molecule has 0 spiro atoms. The Kier molecular flexibility index (Phi) is 8.80. The van der Waals surface area contributed by atoms with Crippen molar-refractivity contribution in [3.8, 4) is 35.4 Å². The van der Waals surface area contributed by atoms with Crippen LogP contribution in [0.5, 0.6) is 11.8 Å². The summed E-state index contributed by atoms with van der Waals surface area (Å²) in [6.45, 7) is 3.54. The van der Waals surface area contributed by atoms with Crippen LogP contribution in [0.15, 0.2) is 54.6 Å². The largest absolute Gasteiger partial charge is 0.508 e. The van der Waals surface area contributed by atoms with E-state index in [1.807, 2.05) is 11.8 Å². The average Bonchev–Trinajstić information content (AvgIpc) is 3.79. The lowest BCUT2D eigenvalue weighted by atomic mass is 9.95. The number of nitrogens with zero attached hydrogens (tertiary/aromatic N) is 7. The smallest absolute Gasteiger partial charge is 0.319 e. The highest BCUT2D eigenvalue weighted by Crippen LogP contribution is 2.43. The van der Waals surface area contributed by atoms with E-state index in [-0.39, 0.29) is 76.7 Å². The van der Waals surface area contributed by atoms with E-state index >= 15 is 8.78 Å². The summed E-state index contributed by atoms with van der Waals surface area (Å²) in [4.78, 5) is 37.1. The number of aromatic nitrogens is 4. The lowest BCUT2D eigenvalue weighted by Gasteiger charge is -2.41. The second kappa shape index (κ2) is 13.7. The van der Waals surface area contributed by atoms with Crippen LogP contribution in [0, 0.1) is 30.9 Å². The molecule has 286 valence electrons. The second-order valence-electron chi connectivity index (χ2n) is 15.3. The Morgan fingerprint density at radius 1 is 1.11 bits per heavy atom. The lowest BCUT2D eigenvalue weighted by molar-refractivity contribution is -0.131. The Bertz CT molecular complexity index is 2500. The minimum Gasteiger partial charge on any atom is -0.508 e. The SMILES string of the molecule is C#Cc1c(F)ccc2cc(O)cc(-c3ncc4c(N5CC6CCC(C5)N6C(=O)/C(F)=C/c5cc(C)ccn5)nc(OC[C@@]56CCCN5C[C@H](F)C6)nc4c3F)c12. The molecule has 10 nitrogen and oxygen atoms in total. The summed E-state index contributed by atoms with van der Waals surface area (Å²) in [7, 11) is 0. The first-order chi connectivity index (χ1) is 27.0. The molecule has 4 aliphatic rings. The molecule has 0 saturated carbocycles. The van der Waals surface area contributed by atoms with Crippen molar-refractivity contribution < 1.29 is 32.2 Å². The van der Waals surface area contributed by atoms with E-state index in [1.54, 1.807) is 23.2 Å². The summed E-state index contributed by atoms with van der Waals surface area (Å²) in [5.41, 5.74) is 0.270. The summed E-state index contributed by atoms with van der Waals surface area (Å²) in [6, 6.07) is 7.90. The van der Waals surface area contributed by atoms with Crippen LogP contribution in [0.1, 0.15) is 48.9 Å². The first-order valence-electron chi connectivity index (χ1n) is 18.7. The van der Waals surface area contributed by atoms with Crippen LogP contribution in [0.4, 0.5) is 23.4 Å². The lowest BCUT2D eigenvalue weighted by Crippen LogP contribution is -2.56. The summed E-state index contributed by atoms with van der Waals surface area (Å²) >= 11 is 0. The number of ether oxygens (including phenoxy) is 1. The molecule has 4 atom stereocenters. The van der Waals surface area contributed by atoms with E-state index in [0.29, 0.717) is 42.7 Å². The van der Waals surface area contributed by atoms with Crippen molar-refractivity contribution in [3.05, 3.63) is 83.1 Å². The highest BCUT2D eigenvalue weighted by Gasteiger charge is 2.50. The number of aromatic hydroxyl groups is 1. The van der Waals surface area contributed by atoms with Crippen molar-refractivity contribution in [2.45, 2.75) is 62.8 Å². The molecule has 4 aliphatic heterocycles. The molecule has 14 heteroatoms. The Morgan fingerprint density at radius 3 is 2.68 bits per heavy atom. The Labute approximate surface area is 319 Å². The van der Waals surface area contributed by atoms with E-state index in [4.69, 9.17) is 16.1 Å². The van der Waals surface area contributed by atoms with Crippen LogP contribution in [-0.2, 0) is 4.79 Å². The van der Waals surface area contributed by atoms with E-state index in [2.05, 4.69) is 25.8 Å². The standard InChI is InChI=1S/C42H37F4N7O3/c1-3-30-33(44)8-5-24-14-29(54)16-31(35(24)30)37-36(46)38-32(18-48-37)39(50-41(49-38)56-22-42-10-4-12-52(42)19-25(43)17-42)51-20-27-6-7-28(21-51)53(27)40(55)34(45)15-26-13-23(2)9-11-47-26/h1,5,8-9,11,13-16,18,25,27-28,54H,4,6-7,10,12,17,19-22H2,2H3/b34-15-/t25-,27?,28?,42+/m1/s1. The van der Waals surface area contributed by atoms with Crippen molar-refractivity contribution >= 4 is 39.5 Å². The predicted octanol–water partition coefficient (Wildman–Crippen LogP) is 6.66. The summed E-state index contributed by atoms with van der Waals surface area (Å²) in [5.74, 6) is -0.757. The van der Waals surface area contributed by atoms with Gasteiger partial charge in [0.2, 0.25) is 0 Å². The Morgan fingerprint density at radius 2 is 1.91 bits per heavy atom. The number of halogens is 4. The van der Waals surface area contributed by atoms with Gasteiger partial charge in [0.15, 0.2) is 11.6 Å². The number of benzene rings is 2. The highest BCUT2D eigenvalue weighted by molar-refractivity contribution is 6.03. The van der Waals surface area contributed by atoms with E-state index in [1.165, 1.54) is 30.5 Å². The number of fused-ring (bicyclic) bond motifs is 5. The van der Waals surface area contributed by atoms with Gasteiger partial charge in [0.05, 0.1) is 34.3 Å². The zero-order chi connectivity index (χ0) is 38.9. The average molecular weight is 764 g/mol. The maximum atomic E-state index is 17.1. The van der Waals surface area contributed by atoms with E-state index < -0.39 is 35.1 Å². The fourth-order valence-corrected chi connectivity index (χ4v) is 9.28. The molecule has 4 fully saturated rings. The number of carbonyl (C=O) groups excluding carboxylic acids is 1. The first kappa shape index (κ1) is 35.9. The molecule has 2 unspecified atom stereocenters. The molecule has 5 aromatic rings. The molecule has 56 heavy (non-hydrogen) atoms. The normalized spacial score (nSPS) is 23.6. The van der Waals surface area contributed by atoms with Gasteiger partial charge in [-0.25, -0.2) is 17.6 Å². The van der Waals surface area contributed by atoms with Crippen molar-refractivity contribution in [1.82, 2.24) is 29.7 Å². The Balaban J connectivity index is 1.11. The van der Waals surface area contributed by atoms with Crippen molar-refractivity contribution in [1.29, 1.82) is 0 Å². The van der Waals surface area contributed by atoms with Gasteiger partial charge in [0.25, 0.3) is 5.91 Å². The Hall–Kier alpha value is -5.81. The summed E-state index contributed by atoms with van der Waals surface area (Å²) in [6.07, 6.45) is 12.0. The van der Waals surface area contributed by atoms with Gasteiger partial charge in [0.1, 0.15) is 41.4 Å². The van der Waals surface area contributed by atoms with Gasteiger partial charge in [0, 0.05) is 55.5 Å². The molecular formula is C42H37F4N7O3. The van der Waals surface area contributed by atoms with Crippen LogP contribution in [0.25, 0.3) is 39.0 Å². The molecule has 3 aromatic heterocycles. The van der Waals surface area contributed by atoms with Gasteiger partial charge >= 0.3 is 6.01 Å². The van der Waals surface area contributed by atoms with E-state index in [0.717, 1.165) is 31.0 Å². The molecule has 4 saturated heterocycles. The van der Waals surface area contributed by atoms with Crippen LogP contribution < -0.4 is 9.64 Å². The number of phenols is 1. The topological polar surface area (TPSA) is 108 Å². The summed E-state index contributed by atoms with van der Waals surface area (Å²) < 4.78 is 68.4. The molecule has 1 amide bonds. The number of amides is 1. The van der Waals surface area contributed by atoms with Gasteiger partial charge in [-0.15, -0.1) is 6.42 Å². The maximum Gasteiger partial charge on any atom is 0.319 e. The van der Waals surface area contributed by atoms with Crippen LogP contribution in [0.2, 0.25) is 0 Å². The fraction of sp³-hybridized carbons (Fsp3) is 0.357.